The van der Waals surface area contributed by atoms with Crippen LogP contribution in [0.5, 0.6) is 0 Å². The Kier molecular flexibility index (Phi) is 2.79. The maximum Gasteiger partial charge on any atom is 0.204 e. The van der Waals surface area contributed by atoms with E-state index in [4.69, 9.17) is 5.73 Å². The van der Waals surface area contributed by atoms with Crippen LogP contribution in [0.1, 0.15) is 20.8 Å². The van der Waals surface area contributed by atoms with Crippen LogP contribution in [0.25, 0.3) is 6.20 Å². The van der Waals surface area contributed by atoms with Crippen molar-refractivity contribution in [1.29, 1.82) is 0 Å². The molecule has 0 radical (unpaired) electrons. The van der Waals surface area contributed by atoms with Crippen LogP contribution in [-0.2, 0) is 0 Å². The minimum atomic E-state index is 0.0679. The number of nitrogens with zero attached hydrogens (tertiary/aromatic N) is 2. The molecule has 0 aliphatic rings. The molecule has 0 aliphatic carbocycles. The van der Waals surface area contributed by atoms with Crippen LogP contribution >= 0.6 is 0 Å². The van der Waals surface area contributed by atoms with E-state index < -0.39 is 0 Å². The average molecular weight is 191 g/mol. The van der Waals surface area contributed by atoms with Crippen LogP contribution < -0.4 is 5.73 Å². The molecule has 1 aromatic rings. The van der Waals surface area contributed by atoms with Gasteiger partial charge in [-0.05, 0) is 11.0 Å². The third kappa shape index (κ3) is 2.25. The second-order valence-corrected chi connectivity index (χ2v) is 4.23. The average Bonchev–Trinajstić information content (AvgIpc) is 2.45. The van der Waals surface area contributed by atoms with E-state index in [1.54, 1.807) is 10.8 Å². The van der Waals surface area contributed by atoms with Crippen molar-refractivity contribution in [2.24, 2.45) is 5.41 Å². The molecule has 0 amide bonds. The van der Waals surface area contributed by atoms with Crippen molar-refractivity contribution in [3.8, 4) is 0 Å². The first-order chi connectivity index (χ1) is 6.45. The number of imidazole rings is 1. The Balaban J connectivity index is 3.08. The number of hydrogen-bond donors (Lipinski definition) is 1. The maximum absolute atomic E-state index is 5.66. The fourth-order valence-electron chi connectivity index (χ4n) is 1.14. The first-order valence-corrected chi connectivity index (χ1v) is 4.58. The van der Waals surface area contributed by atoms with Gasteiger partial charge in [0.05, 0.1) is 0 Å². The first kappa shape index (κ1) is 10.6. The zero-order valence-electron chi connectivity index (χ0n) is 8.99. The highest BCUT2D eigenvalue weighted by molar-refractivity contribution is 5.45. The molecule has 3 heteroatoms. The molecule has 1 aromatic heterocycles. The van der Waals surface area contributed by atoms with Crippen molar-refractivity contribution in [2.45, 2.75) is 20.8 Å². The van der Waals surface area contributed by atoms with E-state index in [0.29, 0.717) is 5.95 Å². The predicted molar refractivity (Wildman–Crippen MR) is 60.6 cm³/mol. The Morgan fingerprint density at radius 2 is 2.21 bits per heavy atom. The summed E-state index contributed by atoms with van der Waals surface area (Å²) >= 11 is 0. The van der Waals surface area contributed by atoms with Crippen LogP contribution in [-0.4, -0.2) is 9.55 Å². The van der Waals surface area contributed by atoms with Crippen LogP contribution in [0, 0.1) is 5.41 Å². The van der Waals surface area contributed by atoms with Crippen LogP contribution in [0.15, 0.2) is 30.6 Å². The molecular weight excluding hydrogens is 174 g/mol. The van der Waals surface area contributed by atoms with Gasteiger partial charge in [-0.2, -0.15) is 0 Å². The number of hydrogen-bond acceptors (Lipinski definition) is 2. The molecule has 0 aromatic carbocycles. The monoisotopic (exact) mass is 191 g/mol. The standard InChI is InChI=1S/C11H17N3/c1-5-9(11(2,3)4)8-14-7-6-13-10(14)12/h5-8H,1H2,2-4H3,(H2,12,13)/b9-8+. The number of nitrogens with two attached hydrogens (primary N) is 1. The molecule has 2 N–H and O–H groups in total. The van der Waals surface area contributed by atoms with Crippen molar-refractivity contribution < 1.29 is 0 Å². The van der Waals surface area contributed by atoms with Gasteiger partial charge in [-0.25, -0.2) is 4.98 Å². The second kappa shape index (κ2) is 3.70. The topological polar surface area (TPSA) is 43.8 Å². The van der Waals surface area contributed by atoms with E-state index in [1.165, 1.54) is 0 Å². The molecule has 0 fully saturated rings. The number of rotatable bonds is 2. The number of anilines is 1. The van der Waals surface area contributed by atoms with Gasteiger partial charge >= 0.3 is 0 Å². The molecule has 0 atom stereocenters. The zero-order chi connectivity index (χ0) is 10.8. The number of allylic oxidation sites excluding steroid dienone is 2. The molecule has 1 heterocycles. The Bertz CT molecular complexity index is 353. The summed E-state index contributed by atoms with van der Waals surface area (Å²) < 4.78 is 1.79. The van der Waals surface area contributed by atoms with Gasteiger partial charge in [-0.3, -0.25) is 4.57 Å². The molecular formula is C11H17N3. The maximum atomic E-state index is 5.66. The van der Waals surface area contributed by atoms with Gasteiger partial charge in [0.15, 0.2) is 0 Å². The molecule has 14 heavy (non-hydrogen) atoms. The SMILES string of the molecule is C=C/C(=C\n1ccnc1N)C(C)(C)C. The summed E-state index contributed by atoms with van der Waals surface area (Å²) in [6.07, 6.45) is 7.30. The van der Waals surface area contributed by atoms with Crippen molar-refractivity contribution >= 4 is 12.1 Å². The van der Waals surface area contributed by atoms with Crippen LogP contribution in [0.4, 0.5) is 5.95 Å². The molecule has 0 unspecified atom stereocenters. The van der Waals surface area contributed by atoms with E-state index in [9.17, 15) is 0 Å². The summed E-state index contributed by atoms with van der Waals surface area (Å²) in [5, 5.41) is 0. The summed E-state index contributed by atoms with van der Waals surface area (Å²) in [7, 11) is 0. The van der Waals surface area contributed by atoms with Crippen molar-refractivity contribution in [3.63, 3.8) is 0 Å². The normalized spacial score (nSPS) is 12.9. The lowest BCUT2D eigenvalue weighted by atomic mass is 9.87. The predicted octanol–water partition coefficient (Wildman–Crippen LogP) is 2.54. The number of nitrogen functional groups attached to an aromatic ring is 1. The fraction of sp³-hybridized carbons (Fsp3) is 0.364. The van der Waals surface area contributed by atoms with Gasteiger partial charge < -0.3 is 5.73 Å². The number of aromatic nitrogens is 2. The lowest BCUT2D eigenvalue weighted by Crippen LogP contribution is -2.08. The van der Waals surface area contributed by atoms with E-state index in [2.05, 4.69) is 32.3 Å². The van der Waals surface area contributed by atoms with Crippen molar-refractivity contribution in [1.82, 2.24) is 9.55 Å². The summed E-state index contributed by atoms with van der Waals surface area (Å²) in [6.45, 7) is 10.2. The molecule has 0 spiro atoms. The fourth-order valence-corrected chi connectivity index (χ4v) is 1.14. The molecule has 0 saturated carbocycles. The molecule has 0 aliphatic heterocycles. The summed E-state index contributed by atoms with van der Waals surface area (Å²) in [4.78, 5) is 3.95. The summed E-state index contributed by atoms with van der Waals surface area (Å²) in [5.74, 6) is 0.494. The van der Waals surface area contributed by atoms with Gasteiger partial charge in [0.2, 0.25) is 5.95 Å². The molecule has 0 bridgehead atoms. The second-order valence-electron chi connectivity index (χ2n) is 4.23. The quantitative estimate of drug-likeness (QED) is 0.730. The highest BCUT2D eigenvalue weighted by Crippen LogP contribution is 2.26. The lowest BCUT2D eigenvalue weighted by molar-refractivity contribution is 0.519. The Hall–Kier alpha value is -1.51. The lowest BCUT2D eigenvalue weighted by Gasteiger charge is -2.20. The van der Waals surface area contributed by atoms with E-state index >= 15 is 0 Å². The Morgan fingerprint density at radius 3 is 2.57 bits per heavy atom. The zero-order valence-corrected chi connectivity index (χ0v) is 8.99. The highest BCUT2D eigenvalue weighted by Gasteiger charge is 2.14. The largest absolute Gasteiger partial charge is 0.369 e. The Labute approximate surface area is 85.0 Å². The van der Waals surface area contributed by atoms with Crippen LogP contribution in [0.2, 0.25) is 0 Å². The minimum absolute atomic E-state index is 0.0679. The Morgan fingerprint density at radius 1 is 1.57 bits per heavy atom. The molecule has 1 rings (SSSR count). The van der Waals surface area contributed by atoms with Crippen molar-refractivity contribution in [3.05, 3.63) is 30.6 Å². The summed E-state index contributed by atoms with van der Waals surface area (Å²) in [5.41, 5.74) is 6.85. The molecule has 0 saturated heterocycles. The third-order valence-corrected chi connectivity index (χ3v) is 2.06. The molecule has 76 valence electrons. The third-order valence-electron chi connectivity index (χ3n) is 2.06. The van der Waals surface area contributed by atoms with Gasteiger partial charge in [-0.1, -0.05) is 33.4 Å². The minimum Gasteiger partial charge on any atom is -0.369 e. The van der Waals surface area contributed by atoms with E-state index in [-0.39, 0.29) is 5.41 Å². The van der Waals surface area contributed by atoms with Crippen molar-refractivity contribution in [2.75, 3.05) is 5.73 Å². The van der Waals surface area contributed by atoms with E-state index in [0.717, 1.165) is 5.57 Å². The van der Waals surface area contributed by atoms with Gasteiger partial charge in [0.1, 0.15) is 0 Å². The van der Waals surface area contributed by atoms with Gasteiger partial charge in [0.25, 0.3) is 0 Å². The van der Waals surface area contributed by atoms with Gasteiger partial charge in [-0.15, -0.1) is 0 Å². The molecule has 3 nitrogen and oxygen atoms in total. The van der Waals surface area contributed by atoms with Gasteiger partial charge in [0, 0.05) is 18.6 Å². The summed E-state index contributed by atoms with van der Waals surface area (Å²) in [6, 6.07) is 0. The first-order valence-electron chi connectivity index (χ1n) is 4.58. The highest BCUT2D eigenvalue weighted by atomic mass is 15.1. The van der Waals surface area contributed by atoms with E-state index in [1.807, 2.05) is 18.5 Å². The van der Waals surface area contributed by atoms with Crippen LogP contribution in [0.3, 0.4) is 0 Å². The smallest absolute Gasteiger partial charge is 0.204 e.